The monoisotopic (exact) mass is 279 g/mol. The van der Waals surface area contributed by atoms with Crippen molar-refractivity contribution in [2.45, 2.75) is 65.1 Å². The van der Waals surface area contributed by atoms with Gasteiger partial charge in [0.1, 0.15) is 5.75 Å². The third-order valence-electron chi connectivity index (χ3n) is 4.16. The van der Waals surface area contributed by atoms with Crippen molar-refractivity contribution in [2.75, 3.05) is 5.73 Å². The Hall–Kier alpha value is -0.963. The van der Waals surface area contributed by atoms with Gasteiger partial charge in [-0.2, -0.15) is 0 Å². The molecule has 3 heteroatoms. The molecule has 0 bridgehead atoms. The number of benzene rings is 1. The van der Waals surface area contributed by atoms with Gasteiger partial charge in [-0.05, 0) is 41.2 Å². The third-order valence-corrected chi connectivity index (χ3v) is 10.2. The van der Waals surface area contributed by atoms with Crippen molar-refractivity contribution in [3.63, 3.8) is 0 Å². The van der Waals surface area contributed by atoms with Crippen LogP contribution in [0, 0.1) is 6.92 Å². The van der Waals surface area contributed by atoms with E-state index in [4.69, 9.17) is 10.2 Å². The summed E-state index contributed by atoms with van der Waals surface area (Å²) in [4.78, 5) is 0. The van der Waals surface area contributed by atoms with Gasteiger partial charge < -0.3 is 10.2 Å². The summed E-state index contributed by atoms with van der Waals surface area (Å²) in [5, 5.41) is 0. The van der Waals surface area contributed by atoms with E-state index in [1.54, 1.807) is 0 Å². The summed E-state index contributed by atoms with van der Waals surface area (Å²) in [6.07, 6.45) is 0. The number of anilines is 1. The minimum Gasteiger partial charge on any atom is -0.541 e. The number of hydrogen-bond acceptors (Lipinski definition) is 2. The fraction of sp³-hybridized carbons (Fsp3) is 0.625. The van der Waals surface area contributed by atoms with Gasteiger partial charge in [0.25, 0.3) is 8.32 Å². The summed E-state index contributed by atoms with van der Waals surface area (Å²) < 4.78 is 6.61. The third kappa shape index (κ3) is 3.14. The van der Waals surface area contributed by atoms with Gasteiger partial charge in [0, 0.05) is 0 Å². The topological polar surface area (TPSA) is 35.2 Å². The van der Waals surface area contributed by atoms with Gasteiger partial charge >= 0.3 is 0 Å². The van der Waals surface area contributed by atoms with Crippen molar-refractivity contribution in [2.24, 2.45) is 0 Å². The van der Waals surface area contributed by atoms with Crippen LogP contribution in [-0.2, 0) is 0 Å². The predicted octanol–water partition coefficient (Wildman–Crippen LogP) is 5.13. The van der Waals surface area contributed by atoms with Crippen LogP contribution in [-0.4, -0.2) is 8.32 Å². The van der Waals surface area contributed by atoms with Crippen LogP contribution in [0.15, 0.2) is 18.2 Å². The molecule has 0 spiro atoms. The second-order valence-electron chi connectivity index (χ2n) is 6.46. The van der Waals surface area contributed by atoms with Gasteiger partial charge in [0.05, 0.1) is 5.69 Å². The van der Waals surface area contributed by atoms with Crippen molar-refractivity contribution >= 4 is 14.0 Å². The fourth-order valence-electron chi connectivity index (χ4n) is 3.27. The first kappa shape index (κ1) is 16.1. The molecule has 0 aliphatic carbocycles. The maximum absolute atomic E-state index is 6.61. The van der Waals surface area contributed by atoms with E-state index in [1.807, 2.05) is 12.1 Å². The molecule has 0 radical (unpaired) electrons. The van der Waals surface area contributed by atoms with Gasteiger partial charge in [-0.3, -0.25) is 0 Å². The number of hydrogen-bond donors (Lipinski definition) is 1. The summed E-state index contributed by atoms with van der Waals surface area (Å²) in [6, 6.07) is 6.06. The summed E-state index contributed by atoms with van der Waals surface area (Å²) >= 11 is 0. The Labute approximate surface area is 119 Å². The quantitative estimate of drug-likeness (QED) is 0.599. The molecule has 0 aromatic heterocycles. The van der Waals surface area contributed by atoms with Crippen molar-refractivity contribution in [1.82, 2.24) is 0 Å². The van der Waals surface area contributed by atoms with E-state index in [0.717, 1.165) is 11.4 Å². The molecule has 0 unspecified atom stereocenters. The smallest absolute Gasteiger partial charge is 0.258 e. The van der Waals surface area contributed by atoms with E-state index in [9.17, 15) is 0 Å². The lowest BCUT2D eigenvalue weighted by Gasteiger charge is -2.42. The highest BCUT2D eigenvalue weighted by Gasteiger charge is 2.47. The Bertz CT molecular complexity index is 405. The Morgan fingerprint density at radius 1 is 0.947 bits per heavy atom. The van der Waals surface area contributed by atoms with Crippen LogP contribution in [0.2, 0.25) is 16.6 Å². The number of nitrogens with two attached hydrogens (primary N) is 1. The molecule has 2 nitrogen and oxygen atoms in total. The predicted molar refractivity (Wildman–Crippen MR) is 87.3 cm³/mol. The van der Waals surface area contributed by atoms with Crippen molar-refractivity contribution in [3.8, 4) is 5.75 Å². The Balaban J connectivity index is 3.24. The molecule has 0 amide bonds. The number of nitrogen functional groups attached to an aromatic ring is 1. The normalized spacial score (nSPS) is 12.5. The Morgan fingerprint density at radius 3 is 1.84 bits per heavy atom. The fourth-order valence-corrected chi connectivity index (χ4v) is 8.54. The molecule has 19 heavy (non-hydrogen) atoms. The van der Waals surface area contributed by atoms with Gasteiger partial charge in [-0.15, -0.1) is 0 Å². The molecule has 0 atom stereocenters. The molecule has 1 aromatic carbocycles. The first-order valence-corrected chi connectivity index (χ1v) is 9.41. The van der Waals surface area contributed by atoms with E-state index in [-0.39, 0.29) is 0 Å². The lowest BCUT2D eigenvalue weighted by molar-refractivity contribution is 0.481. The molecule has 0 saturated carbocycles. The molecule has 0 fully saturated rings. The molecule has 0 aliphatic heterocycles. The van der Waals surface area contributed by atoms with Crippen LogP contribution < -0.4 is 10.2 Å². The maximum atomic E-state index is 6.61. The van der Waals surface area contributed by atoms with Crippen LogP contribution in [0.5, 0.6) is 5.75 Å². The van der Waals surface area contributed by atoms with Crippen molar-refractivity contribution in [1.29, 1.82) is 0 Å². The standard InChI is InChI=1S/C16H29NOSi/c1-11(2)19(12(3)4,13(5)6)18-16-10-14(7)8-9-15(16)17/h8-13H,17H2,1-7H3. The van der Waals surface area contributed by atoms with Gasteiger partial charge in [0.15, 0.2) is 0 Å². The second-order valence-corrected chi connectivity index (χ2v) is 11.8. The zero-order chi connectivity index (χ0) is 14.8. The Morgan fingerprint density at radius 2 is 1.42 bits per heavy atom. The summed E-state index contributed by atoms with van der Waals surface area (Å²) in [5.74, 6) is 0.878. The van der Waals surface area contributed by atoms with E-state index >= 15 is 0 Å². The molecular formula is C16H29NOSi. The van der Waals surface area contributed by atoms with Crippen molar-refractivity contribution in [3.05, 3.63) is 23.8 Å². The first-order valence-electron chi connectivity index (χ1n) is 7.27. The molecule has 1 rings (SSSR count). The van der Waals surface area contributed by atoms with Gasteiger partial charge in [0.2, 0.25) is 0 Å². The van der Waals surface area contributed by atoms with E-state index in [1.165, 1.54) is 5.56 Å². The zero-order valence-corrected chi connectivity index (χ0v) is 14.4. The highest BCUT2D eigenvalue weighted by atomic mass is 28.4. The van der Waals surface area contributed by atoms with Gasteiger partial charge in [-0.25, -0.2) is 0 Å². The number of rotatable bonds is 5. The van der Waals surface area contributed by atoms with Crippen LogP contribution in [0.4, 0.5) is 5.69 Å². The van der Waals surface area contributed by atoms with Crippen molar-refractivity contribution < 1.29 is 4.43 Å². The summed E-state index contributed by atoms with van der Waals surface area (Å²) in [7, 11) is -1.90. The average Bonchev–Trinajstić information content (AvgIpc) is 2.28. The van der Waals surface area contributed by atoms with Crippen LogP contribution in [0.25, 0.3) is 0 Å². The molecule has 108 valence electrons. The molecule has 0 aliphatic rings. The molecule has 0 heterocycles. The molecule has 2 N–H and O–H groups in total. The van der Waals surface area contributed by atoms with Crippen LogP contribution in [0.1, 0.15) is 47.1 Å². The average molecular weight is 280 g/mol. The van der Waals surface area contributed by atoms with E-state index in [0.29, 0.717) is 16.6 Å². The molecular weight excluding hydrogens is 250 g/mol. The summed E-state index contributed by atoms with van der Waals surface area (Å²) in [6.45, 7) is 15.8. The Kier molecular flexibility index (Phi) is 5.08. The summed E-state index contributed by atoms with van der Waals surface area (Å²) in [5.41, 5.74) is 9.73. The highest BCUT2D eigenvalue weighted by molar-refractivity contribution is 6.78. The zero-order valence-electron chi connectivity index (χ0n) is 13.4. The van der Waals surface area contributed by atoms with Crippen LogP contribution in [0.3, 0.4) is 0 Å². The second kappa shape index (κ2) is 5.99. The maximum Gasteiger partial charge on any atom is 0.258 e. The van der Waals surface area contributed by atoms with Crippen LogP contribution >= 0.6 is 0 Å². The largest absolute Gasteiger partial charge is 0.541 e. The van der Waals surface area contributed by atoms with E-state index < -0.39 is 8.32 Å². The minimum atomic E-state index is -1.90. The lowest BCUT2D eigenvalue weighted by atomic mass is 10.2. The number of aryl methyl sites for hydroxylation is 1. The SMILES string of the molecule is Cc1ccc(N)c(O[Si](C(C)C)(C(C)C)C(C)C)c1. The molecule has 0 saturated heterocycles. The van der Waals surface area contributed by atoms with E-state index in [2.05, 4.69) is 54.5 Å². The highest BCUT2D eigenvalue weighted by Crippen LogP contribution is 2.43. The minimum absolute atomic E-state index is 0.562. The van der Waals surface area contributed by atoms with Gasteiger partial charge in [-0.1, -0.05) is 47.6 Å². The molecule has 1 aromatic rings. The first-order chi connectivity index (χ1) is 8.71. The lowest BCUT2D eigenvalue weighted by Crippen LogP contribution is -2.50.